The van der Waals surface area contributed by atoms with Gasteiger partial charge in [0.2, 0.25) is 0 Å². The van der Waals surface area contributed by atoms with E-state index in [1.807, 2.05) is 6.08 Å². The first-order valence-electron chi connectivity index (χ1n) is 7.14. The molecule has 0 bridgehead atoms. The molecule has 0 saturated heterocycles. The van der Waals surface area contributed by atoms with E-state index in [9.17, 15) is 0 Å². The third-order valence-electron chi connectivity index (χ3n) is 2.56. The molecule has 0 atom stereocenters. The zero-order valence-corrected chi connectivity index (χ0v) is 11.9. The highest BCUT2D eigenvalue weighted by molar-refractivity contribution is 5.02. The Morgan fingerprint density at radius 3 is 1.83 bits per heavy atom. The Morgan fingerprint density at radius 1 is 0.722 bits per heavy atom. The Kier molecular flexibility index (Phi) is 14.6. The maximum absolute atomic E-state index is 3.63. The standard InChI is InChI=1S/C18H28/c1-3-5-7-9-11-13-15-17-18-16-14-12-10-8-6-4-2/h3,5,7,11-14,17-18H,1,4,6,8-10,15-16H2,2H3/b7-5+,13-11+,14-12+,18-17+. The van der Waals surface area contributed by atoms with Crippen molar-refractivity contribution in [3.8, 4) is 0 Å². The van der Waals surface area contributed by atoms with Crippen LogP contribution in [0.4, 0.5) is 0 Å². The van der Waals surface area contributed by atoms with E-state index < -0.39 is 0 Å². The van der Waals surface area contributed by atoms with Gasteiger partial charge >= 0.3 is 0 Å². The van der Waals surface area contributed by atoms with Crippen LogP contribution in [0.15, 0.2) is 61.3 Å². The van der Waals surface area contributed by atoms with E-state index in [4.69, 9.17) is 0 Å². The monoisotopic (exact) mass is 244 g/mol. The average molecular weight is 244 g/mol. The number of allylic oxidation sites excluding steroid dienone is 9. The van der Waals surface area contributed by atoms with Crippen LogP contribution in [0.3, 0.4) is 0 Å². The molecule has 0 fully saturated rings. The Hall–Kier alpha value is -1.30. The summed E-state index contributed by atoms with van der Waals surface area (Å²) < 4.78 is 0. The van der Waals surface area contributed by atoms with E-state index >= 15 is 0 Å². The van der Waals surface area contributed by atoms with Crippen LogP contribution in [0.5, 0.6) is 0 Å². The first-order chi connectivity index (χ1) is 8.91. The maximum Gasteiger partial charge on any atom is -0.0166 e. The van der Waals surface area contributed by atoms with Gasteiger partial charge in [0.05, 0.1) is 0 Å². The summed E-state index contributed by atoms with van der Waals surface area (Å²) in [5.74, 6) is 0. The lowest BCUT2D eigenvalue weighted by molar-refractivity contribution is 0.728. The summed E-state index contributed by atoms with van der Waals surface area (Å²) in [7, 11) is 0. The molecule has 0 heteroatoms. The fourth-order valence-electron chi connectivity index (χ4n) is 1.52. The minimum absolute atomic E-state index is 0.997. The zero-order valence-electron chi connectivity index (χ0n) is 11.9. The fraction of sp³-hybridized carbons (Fsp3) is 0.444. The molecule has 0 radical (unpaired) electrons. The number of hydrogen-bond donors (Lipinski definition) is 0. The van der Waals surface area contributed by atoms with Crippen LogP contribution in [-0.2, 0) is 0 Å². The zero-order chi connectivity index (χ0) is 13.3. The smallest absolute Gasteiger partial charge is 0.0166 e. The molecule has 0 amide bonds. The van der Waals surface area contributed by atoms with Crippen molar-refractivity contribution in [1.29, 1.82) is 0 Å². The van der Waals surface area contributed by atoms with Gasteiger partial charge in [0.1, 0.15) is 0 Å². The molecule has 0 spiro atoms. The van der Waals surface area contributed by atoms with Gasteiger partial charge in [0.15, 0.2) is 0 Å². The van der Waals surface area contributed by atoms with E-state index in [0.29, 0.717) is 0 Å². The summed E-state index contributed by atoms with van der Waals surface area (Å²) in [6.45, 7) is 5.87. The molecule has 0 N–H and O–H groups in total. The molecule has 0 nitrogen and oxygen atoms in total. The van der Waals surface area contributed by atoms with Gasteiger partial charge in [-0.1, -0.05) is 81.0 Å². The normalized spacial score (nSPS) is 12.5. The van der Waals surface area contributed by atoms with E-state index in [0.717, 1.165) is 19.3 Å². The molecule has 0 unspecified atom stereocenters. The molecule has 0 aliphatic carbocycles. The molecule has 0 saturated carbocycles. The SMILES string of the molecule is C=C/C=C/C/C=C/C/C=C/C/C=C/CCCCC. The second-order valence-electron chi connectivity index (χ2n) is 4.28. The molecule has 0 aromatic carbocycles. The summed E-state index contributed by atoms with van der Waals surface area (Å²) in [5, 5.41) is 0. The molecule has 0 aliphatic heterocycles. The fourth-order valence-corrected chi connectivity index (χ4v) is 1.52. The van der Waals surface area contributed by atoms with Crippen molar-refractivity contribution in [2.45, 2.75) is 51.9 Å². The van der Waals surface area contributed by atoms with Gasteiger partial charge in [-0.3, -0.25) is 0 Å². The van der Waals surface area contributed by atoms with Gasteiger partial charge in [-0.2, -0.15) is 0 Å². The Balaban J connectivity index is 3.37. The summed E-state index contributed by atoms with van der Waals surface area (Å²) in [6, 6.07) is 0. The summed E-state index contributed by atoms with van der Waals surface area (Å²) in [4.78, 5) is 0. The molecule has 0 heterocycles. The highest BCUT2D eigenvalue weighted by Crippen LogP contribution is 2.00. The molecular formula is C18H28. The van der Waals surface area contributed by atoms with Crippen molar-refractivity contribution in [3.63, 3.8) is 0 Å². The predicted octanol–water partition coefficient (Wildman–Crippen LogP) is 6.15. The van der Waals surface area contributed by atoms with Crippen molar-refractivity contribution < 1.29 is 0 Å². The van der Waals surface area contributed by atoms with Crippen LogP contribution in [0.2, 0.25) is 0 Å². The van der Waals surface area contributed by atoms with Crippen LogP contribution in [0.1, 0.15) is 51.9 Å². The Morgan fingerprint density at radius 2 is 1.28 bits per heavy atom. The van der Waals surface area contributed by atoms with Crippen molar-refractivity contribution in [2.24, 2.45) is 0 Å². The molecule has 0 aromatic heterocycles. The largest absolute Gasteiger partial charge is 0.0991 e. The predicted molar refractivity (Wildman–Crippen MR) is 84.8 cm³/mol. The summed E-state index contributed by atoms with van der Waals surface area (Å²) >= 11 is 0. The van der Waals surface area contributed by atoms with Crippen LogP contribution >= 0.6 is 0 Å². The van der Waals surface area contributed by atoms with Crippen LogP contribution in [0.25, 0.3) is 0 Å². The number of hydrogen-bond acceptors (Lipinski definition) is 0. The third-order valence-corrected chi connectivity index (χ3v) is 2.56. The van der Waals surface area contributed by atoms with Crippen LogP contribution in [-0.4, -0.2) is 0 Å². The number of unbranched alkanes of at least 4 members (excludes halogenated alkanes) is 3. The van der Waals surface area contributed by atoms with Gasteiger partial charge in [-0.25, -0.2) is 0 Å². The highest BCUT2D eigenvalue weighted by atomic mass is 13.9. The van der Waals surface area contributed by atoms with E-state index in [2.05, 4.69) is 56.0 Å². The lowest BCUT2D eigenvalue weighted by atomic mass is 10.2. The molecule has 0 aliphatic rings. The van der Waals surface area contributed by atoms with Crippen LogP contribution < -0.4 is 0 Å². The topological polar surface area (TPSA) is 0 Å². The minimum Gasteiger partial charge on any atom is -0.0991 e. The Bertz CT molecular complexity index is 276. The Labute approximate surface area is 113 Å². The second kappa shape index (κ2) is 15.7. The van der Waals surface area contributed by atoms with Crippen molar-refractivity contribution in [1.82, 2.24) is 0 Å². The highest BCUT2D eigenvalue weighted by Gasteiger charge is 1.80. The first-order valence-corrected chi connectivity index (χ1v) is 7.14. The van der Waals surface area contributed by atoms with E-state index in [1.165, 1.54) is 25.7 Å². The molecule has 0 aromatic rings. The number of rotatable bonds is 11. The van der Waals surface area contributed by atoms with E-state index in [-0.39, 0.29) is 0 Å². The third kappa shape index (κ3) is 14.7. The summed E-state index contributed by atoms with van der Waals surface area (Å²) in [5.41, 5.74) is 0. The lowest BCUT2D eigenvalue weighted by Gasteiger charge is -1.90. The van der Waals surface area contributed by atoms with Crippen molar-refractivity contribution in [3.05, 3.63) is 61.3 Å². The summed E-state index contributed by atoms with van der Waals surface area (Å²) in [6.07, 6.45) is 27.6. The molecule has 18 heavy (non-hydrogen) atoms. The lowest BCUT2D eigenvalue weighted by Crippen LogP contribution is -1.70. The quantitative estimate of drug-likeness (QED) is 0.232. The maximum atomic E-state index is 3.63. The van der Waals surface area contributed by atoms with Crippen LogP contribution in [0, 0.1) is 0 Å². The molecule has 0 rings (SSSR count). The average Bonchev–Trinajstić information content (AvgIpc) is 2.39. The van der Waals surface area contributed by atoms with Gasteiger partial charge in [0, 0.05) is 0 Å². The van der Waals surface area contributed by atoms with Crippen molar-refractivity contribution >= 4 is 0 Å². The van der Waals surface area contributed by atoms with Gasteiger partial charge < -0.3 is 0 Å². The molecule has 100 valence electrons. The second-order valence-corrected chi connectivity index (χ2v) is 4.28. The minimum atomic E-state index is 0.997. The van der Waals surface area contributed by atoms with Gasteiger partial charge in [-0.15, -0.1) is 0 Å². The van der Waals surface area contributed by atoms with E-state index in [1.54, 1.807) is 6.08 Å². The first kappa shape index (κ1) is 16.7. The van der Waals surface area contributed by atoms with Crippen molar-refractivity contribution in [2.75, 3.05) is 0 Å². The molecular weight excluding hydrogens is 216 g/mol. The van der Waals surface area contributed by atoms with Gasteiger partial charge in [-0.05, 0) is 32.1 Å². The van der Waals surface area contributed by atoms with Gasteiger partial charge in [0.25, 0.3) is 0 Å².